The van der Waals surface area contributed by atoms with Crippen molar-refractivity contribution in [1.82, 2.24) is 0 Å². The van der Waals surface area contributed by atoms with Gasteiger partial charge in [0.2, 0.25) is 0 Å². The molecule has 0 heterocycles. The number of ether oxygens (including phenoxy) is 2. The molecule has 0 aliphatic heterocycles. The quantitative estimate of drug-likeness (QED) is 0.379. The van der Waals surface area contributed by atoms with Gasteiger partial charge in [-0.15, -0.1) is 0 Å². The van der Waals surface area contributed by atoms with Crippen molar-refractivity contribution in [2.75, 3.05) is 13.4 Å². The van der Waals surface area contributed by atoms with Crippen LogP contribution in [0.4, 0.5) is 17.6 Å². The Bertz CT molecular complexity index is 497. The zero-order chi connectivity index (χ0) is 15.2. The zero-order valence-corrected chi connectivity index (χ0v) is 9.98. The summed E-state index contributed by atoms with van der Waals surface area (Å²) in [5.41, 5.74) is 0.272. The van der Waals surface area contributed by atoms with Gasteiger partial charge < -0.3 is 14.6 Å². The van der Waals surface area contributed by atoms with Gasteiger partial charge in [0.25, 0.3) is 0 Å². The normalized spacial score (nSPS) is 11.8. The van der Waals surface area contributed by atoms with Crippen molar-refractivity contribution in [3.63, 3.8) is 0 Å². The van der Waals surface area contributed by atoms with Crippen molar-refractivity contribution < 1.29 is 36.9 Å². The molecule has 1 rings (SSSR count). The lowest BCUT2D eigenvalue weighted by atomic mass is 10.2. The Labute approximate surface area is 111 Å². The Morgan fingerprint density at radius 1 is 1.35 bits per heavy atom. The SMILES string of the molecule is O=C(O)/C=C/c1ccc(OCOCC(F)(F)F)c(F)c1. The van der Waals surface area contributed by atoms with Gasteiger partial charge in [-0.3, -0.25) is 0 Å². The molecule has 4 nitrogen and oxygen atoms in total. The van der Waals surface area contributed by atoms with Crippen LogP contribution in [0.3, 0.4) is 0 Å². The summed E-state index contributed by atoms with van der Waals surface area (Å²) in [4.78, 5) is 10.3. The number of hydrogen-bond acceptors (Lipinski definition) is 3. The van der Waals surface area contributed by atoms with Gasteiger partial charge >= 0.3 is 12.1 Å². The molecule has 0 spiro atoms. The molecule has 0 aliphatic carbocycles. The molecule has 0 radical (unpaired) electrons. The summed E-state index contributed by atoms with van der Waals surface area (Å²) in [7, 11) is 0. The second kappa shape index (κ2) is 6.90. The molecular formula is C12H10F4O4. The minimum Gasteiger partial charge on any atom is -0.478 e. The van der Waals surface area contributed by atoms with E-state index in [1.165, 1.54) is 6.07 Å². The Hall–Kier alpha value is -2.09. The number of rotatable bonds is 6. The summed E-state index contributed by atoms with van der Waals surface area (Å²) in [6.07, 6.45) is -2.50. The molecule has 1 aromatic carbocycles. The summed E-state index contributed by atoms with van der Waals surface area (Å²) >= 11 is 0. The molecular weight excluding hydrogens is 284 g/mol. The van der Waals surface area contributed by atoms with E-state index >= 15 is 0 Å². The van der Waals surface area contributed by atoms with Gasteiger partial charge in [0, 0.05) is 6.08 Å². The molecule has 0 bridgehead atoms. The highest BCUT2D eigenvalue weighted by atomic mass is 19.4. The molecule has 0 aromatic heterocycles. The molecule has 1 aromatic rings. The number of aliphatic carboxylic acids is 1. The van der Waals surface area contributed by atoms with Crippen LogP contribution in [0.1, 0.15) is 5.56 Å². The maximum absolute atomic E-state index is 13.5. The van der Waals surface area contributed by atoms with Crippen molar-refractivity contribution in [2.24, 2.45) is 0 Å². The van der Waals surface area contributed by atoms with E-state index < -0.39 is 31.4 Å². The van der Waals surface area contributed by atoms with Crippen molar-refractivity contribution >= 4 is 12.0 Å². The molecule has 0 atom stereocenters. The summed E-state index contributed by atoms with van der Waals surface area (Å²) in [6.45, 7) is -2.24. The standard InChI is InChI=1S/C12H10F4O4/c13-9-5-8(2-4-11(17)18)1-3-10(9)20-7-19-6-12(14,15)16/h1-5H,6-7H2,(H,17,18)/b4-2+. The fourth-order valence-electron chi connectivity index (χ4n) is 1.17. The number of carboxylic acid groups (broad SMARTS) is 1. The molecule has 8 heteroatoms. The van der Waals surface area contributed by atoms with Crippen molar-refractivity contribution in [3.05, 3.63) is 35.7 Å². The first kappa shape index (κ1) is 16.0. The van der Waals surface area contributed by atoms with Gasteiger partial charge in [-0.05, 0) is 23.8 Å². The van der Waals surface area contributed by atoms with Crippen LogP contribution < -0.4 is 4.74 Å². The Morgan fingerprint density at radius 3 is 2.60 bits per heavy atom. The van der Waals surface area contributed by atoms with Gasteiger partial charge in [0.15, 0.2) is 18.4 Å². The third-order valence-electron chi connectivity index (χ3n) is 1.94. The summed E-state index contributed by atoms with van der Waals surface area (Å²) < 4.78 is 57.5. The van der Waals surface area contributed by atoms with Crippen LogP contribution in [0, 0.1) is 5.82 Å². The predicted molar refractivity (Wildman–Crippen MR) is 60.6 cm³/mol. The van der Waals surface area contributed by atoms with Crippen LogP contribution in [0.15, 0.2) is 24.3 Å². The van der Waals surface area contributed by atoms with Gasteiger partial charge in [-0.2, -0.15) is 13.2 Å². The minimum atomic E-state index is -4.48. The maximum atomic E-state index is 13.5. The Balaban J connectivity index is 2.54. The molecule has 110 valence electrons. The molecule has 0 unspecified atom stereocenters. The lowest BCUT2D eigenvalue weighted by molar-refractivity contribution is -0.187. The van der Waals surface area contributed by atoms with Crippen molar-refractivity contribution in [2.45, 2.75) is 6.18 Å². The summed E-state index contributed by atoms with van der Waals surface area (Å²) in [6, 6.07) is 3.49. The van der Waals surface area contributed by atoms with Crippen LogP contribution in [0.25, 0.3) is 6.08 Å². The molecule has 1 N–H and O–H groups in total. The summed E-state index contributed by atoms with van der Waals surface area (Å²) in [5, 5.41) is 8.39. The first-order valence-corrected chi connectivity index (χ1v) is 5.26. The molecule has 0 saturated heterocycles. The van der Waals surface area contributed by atoms with Crippen molar-refractivity contribution in [1.29, 1.82) is 0 Å². The number of hydrogen-bond donors (Lipinski definition) is 1. The topological polar surface area (TPSA) is 55.8 Å². The van der Waals surface area contributed by atoms with E-state index in [1.807, 2.05) is 0 Å². The van der Waals surface area contributed by atoms with E-state index in [0.29, 0.717) is 0 Å². The molecule has 0 saturated carbocycles. The molecule has 0 aliphatic rings. The second-order valence-electron chi connectivity index (χ2n) is 3.59. The monoisotopic (exact) mass is 294 g/mol. The highest BCUT2D eigenvalue weighted by Gasteiger charge is 2.27. The number of halogens is 4. The summed E-state index contributed by atoms with van der Waals surface area (Å²) in [5.74, 6) is -2.32. The van der Waals surface area contributed by atoms with Crippen LogP contribution in [0.5, 0.6) is 5.75 Å². The Kier molecular flexibility index (Phi) is 5.51. The number of carbonyl (C=O) groups is 1. The fourth-order valence-corrected chi connectivity index (χ4v) is 1.17. The highest BCUT2D eigenvalue weighted by Crippen LogP contribution is 2.20. The number of benzene rings is 1. The number of carboxylic acids is 1. The second-order valence-corrected chi connectivity index (χ2v) is 3.59. The smallest absolute Gasteiger partial charge is 0.411 e. The third-order valence-corrected chi connectivity index (χ3v) is 1.94. The molecule has 20 heavy (non-hydrogen) atoms. The zero-order valence-electron chi connectivity index (χ0n) is 9.98. The number of alkyl halides is 3. The van der Waals surface area contributed by atoms with Gasteiger partial charge in [0.1, 0.15) is 6.61 Å². The third kappa shape index (κ3) is 6.19. The van der Waals surface area contributed by atoms with E-state index in [9.17, 15) is 22.4 Å². The first-order valence-electron chi connectivity index (χ1n) is 5.26. The largest absolute Gasteiger partial charge is 0.478 e. The highest BCUT2D eigenvalue weighted by molar-refractivity contribution is 5.85. The van der Waals surface area contributed by atoms with E-state index in [4.69, 9.17) is 5.11 Å². The minimum absolute atomic E-state index is 0.272. The van der Waals surface area contributed by atoms with Crippen molar-refractivity contribution in [3.8, 4) is 5.75 Å². The maximum Gasteiger partial charge on any atom is 0.411 e. The van der Waals surface area contributed by atoms with Gasteiger partial charge in [-0.25, -0.2) is 9.18 Å². The van der Waals surface area contributed by atoms with Gasteiger partial charge in [-0.1, -0.05) is 6.07 Å². The first-order chi connectivity index (χ1) is 9.28. The van der Waals surface area contributed by atoms with E-state index in [2.05, 4.69) is 9.47 Å². The fraction of sp³-hybridized carbons (Fsp3) is 0.250. The van der Waals surface area contributed by atoms with Crippen LogP contribution in [0.2, 0.25) is 0 Å². The predicted octanol–water partition coefficient (Wildman–Crippen LogP) is 2.84. The lowest BCUT2D eigenvalue weighted by Gasteiger charge is -2.10. The van der Waals surface area contributed by atoms with E-state index in [0.717, 1.165) is 24.3 Å². The molecule has 0 amide bonds. The van der Waals surface area contributed by atoms with E-state index in [1.54, 1.807) is 0 Å². The Morgan fingerprint density at radius 2 is 2.05 bits per heavy atom. The van der Waals surface area contributed by atoms with E-state index in [-0.39, 0.29) is 11.3 Å². The average Bonchev–Trinajstić information content (AvgIpc) is 2.32. The van der Waals surface area contributed by atoms with Crippen LogP contribution in [-0.2, 0) is 9.53 Å². The molecule has 0 fully saturated rings. The van der Waals surface area contributed by atoms with Crippen LogP contribution >= 0.6 is 0 Å². The van der Waals surface area contributed by atoms with Crippen LogP contribution in [-0.4, -0.2) is 30.7 Å². The lowest BCUT2D eigenvalue weighted by Crippen LogP contribution is -2.19. The van der Waals surface area contributed by atoms with Gasteiger partial charge in [0.05, 0.1) is 0 Å². The average molecular weight is 294 g/mol.